The highest BCUT2D eigenvalue weighted by molar-refractivity contribution is 7.89. The summed E-state index contributed by atoms with van der Waals surface area (Å²) >= 11 is 5.81. The van der Waals surface area contributed by atoms with Gasteiger partial charge >= 0.3 is 0 Å². The van der Waals surface area contributed by atoms with Crippen LogP contribution in [-0.4, -0.2) is 34.9 Å². The van der Waals surface area contributed by atoms with E-state index in [1.54, 1.807) is 6.92 Å². The van der Waals surface area contributed by atoms with Crippen LogP contribution in [0.3, 0.4) is 0 Å². The summed E-state index contributed by atoms with van der Waals surface area (Å²) in [5.74, 6) is 0.788. The predicted molar refractivity (Wildman–Crippen MR) is 76.3 cm³/mol. The molecule has 0 N–H and O–H groups in total. The quantitative estimate of drug-likeness (QED) is 0.777. The van der Waals surface area contributed by atoms with Crippen molar-refractivity contribution in [3.63, 3.8) is 0 Å². The van der Waals surface area contributed by atoms with Crippen LogP contribution in [0.2, 0.25) is 5.15 Å². The van der Waals surface area contributed by atoms with Gasteiger partial charge in [-0.2, -0.15) is 9.29 Å². The Bertz CT molecular complexity index is 745. The Labute approximate surface area is 128 Å². The molecule has 0 aliphatic rings. The Hall–Kier alpha value is -1.51. The van der Waals surface area contributed by atoms with Crippen molar-refractivity contribution in [1.82, 2.24) is 19.4 Å². The lowest BCUT2D eigenvalue weighted by Gasteiger charge is -2.15. The highest BCUT2D eigenvalue weighted by Crippen LogP contribution is 2.20. The molecule has 0 amide bonds. The Morgan fingerprint density at radius 1 is 1.43 bits per heavy atom. The van der Waals surface area contributed by atoms with E-state index in [1.165, 1.54) is 19.3 Å². The van der Waals surface area contributed by atoms with E-state index in [2.05, 4.69) is 15.1 Å². The summed E-state index contributed by atoms with van der Waals surface area (Å²) < 4.78 is 31.0. The molecule has 0 saturated carbocycles. The molecule has 21 heavy (non-hydrogen) atoms. The topological polar surface area (TPSA) is 89.2 Å². The summed E-state index contributed by atoms with van der Waals surface area (Å²) in [7, 11) is -2.25. The van der Waals surface area contributed by atoms with Gasteiger partial charge in [0.05, 0.1) is 6.54 Å². The third kappa shape index (κ3) is 3.39. The Morgan fingerprint density at radius 2 is 2.14 bits per heavy atom. The average Bonchev–Trinajstić information content (AvgIpc) is 2.89. The minimum atomic E-state index is -3.69. The van der Waals surface area contributed by atoms with Gasteiger partial charge in [-0.1, -0.05) is 23.7 Å². The molecule has 0 saturated heterocycles. The fourth-order valence-corrected chi connectivity index (χ4v) is 2.88. The third-order valence-electron chi connectivity index (χ3n) is 2.88. The third-order valence-corrected chi connectivity index (χ3v) is 5.05. The molecule has 7 nitrogen and oxygen atoms in total. The van der Waals surface area contributed by atoms with E-state index in [9.17, 15) is 8.42 Å². The molecule has 0 aliphatic heterocycles. The number of rotatable bonds is 5. The molecule has 2 rings (SSSR count). The van der Waals surface area contributed by atoms with E-state index in [4.69, 9.17) is 16.1 Å². The lowest BCUT2D eigenvalue weighted by Crippen LogP contribution is -2.26. The summed E-state index contributed by atoms with van der Waals surface area (Å²) in [4.78, 5) is 8.02. The van der Waals surface area contributed by atoms with Crippen LogP contribution in [0.4, 0.5) is 0 Å². The lowest BCUT2D eigenvalue weighted by atomic mass is 10.3. The maximum atomic E-state index is 12.4. The van der Waals surface area contributed by atoms with E-state index >= 15 is 0 Å². The standard InChI is InChI=1S/C12H15ClN4O3S/c1-4-10-15-11(20-16-10)7-17(3)21(18,19)9-5-8(2)12(13)14-6-9/h5-6H,4,7H2,1-3H3. The van der Waals surface area contributed by atoms with Crippen LogP contribution in [0, 0.1) is 6.92 Å². The molecular weight excluding hydrogens is 316 g/mol. The molecule has 2 aromatic heterocycles. The first-order valence-corrected chi connectivity index (χ1v) is 8.06. The van der Waals surface area contributed by atoms with Gasteiger partial charge < -0.3 is 4.52 Å². The molecule has 114 valence electrons. The summed E-state index contributed by atoms with van der Waals surface area (Å²) in [5, 5.41) is 4.01. The van der Waals surface area contributed by atoms with Gasteiger partial charge in [-0.15, -0.1) is 0 Å². The Kier molecular flexibility index (Phi) is 4.60. The first-order chi connectivity index (χ1) is 9.84. The molecule has 9 heteroatoms. The number of pyridine rings is 1. The number of sulfonamides is 1. The molecule has 0 spiro atoms. The van der Waals surface area contributed by atoms with E-state index in [0.29, 0.717) is 17.8 Å². The van der Waals surface area contributed by atoms with E-state index in [0.717, 1.165) is 4.31 Å². The van der Waals surface area contributed by atoms with Gasteiger partial charge in [0.1, 0.15) is 10.0 Å². The summed E-state index contributed by atoms with van der Waals surface area (Å²) in [6.45, 7) is 3.58. The van der Waals surface area contributed by atoms with Gasteiger partial charge in [-0.25, -0.2) is 13.4 Å². The second-order valence-electron chi connectivity index (χ2n) is 4.50. The average molecular weight is 331 g/mol. The van der Waals surface area contributed by atoms with Crippen molar-refractivity contribution in [3.05, 3.63) is 34.7 Å². The molecule has 0 atom stereocenters. The number of hydrogen-bond acceptors (Lipinski definition) is 6. The van der Waals surface area contributed by atoms with Gasteiger partial charge in [-0.05, 0) is 18.6 Å². The molecule has 0 bridgehead atoms. The van der Waals surface area contributed by atoms with E-state index in [-0.39, 0.29) is 22.5 Å². The van der Waals surface area contributed by atoms with Gasteiger partial charge in [0.25, 0.3) is 0 Å². The van der Waals surface area contributed by atoms with Crippen LogP contribution in [0.25, 0.3) is 0 Å². The van der Waals surface area contributed by atoms with Crippen LogP contribution in [0.1, 0.15) is 24.2 Å². The van der Waals surface area contributed by atoms with E-state index in [1.807, 2.05) is 6.92 Å². The molecule has 0 radical (unpaired) electrons. The van der Waals surface area contributed by atoms with Crippen LogP contribution in [0.5, 0.6) is 0 Å². The fourth-order valence-electron chi connectivity index (χ4n) is 1.63. The summed E-state index contributed by atoms with van der Waals surface area (Å²) in [6, 6.07) is 1.48. The first kappa shape index (κ1) is 15.9. The summed E-state index contributed by atoms with van der Waals surface area (Å²) in [6.07, 6.45) is 1.85. The largest absolute Gasteiger partial charge is 0.338 e. The van der Waals surface area contributed by atoms with Crippen molar-refractivity contribution < 1.29 is 12.9 Å². The maximum Gasteiger partial charge on any atom is 0.244 e. The van der Waals surface area contributed by atoms with Crippen LogP contribution in [0.15, 0.2) is 21.7 Å². The Balaban J connectivity index is 2.23. The minimum absolute atomic E-state index is 0.00297. The van der Waals surface area contributed by atoms with Crippen LogP contribution < -0.4 is 0 Å². The molecule has 2 heterocycles. The number of nitrogens with zero attached hydrogens (tertiary/aromatic N) is 4. The molecular formula is C12H15ClN4O3S. The second kappa shape index (κ2) is 6.08. The number of aryl methyl sites for hydroxylation is 2. The lowest BCUT2D eigenvalue weighted by molar-refractivity contribution is 0.334. The van der Waals surface area contributed by atoms with Gasteiger partial charge in [0.2, 0.25) is 15.9 Å². The number of hydrogen-bond donors (Lipinski definition) is 0. The van der Waals surface area contributed by atoms with Gasteiger partial charge in [0, 0.05) is 19.7 Å². The molecule has 0 aromatic carbocycles. The fraction of sp³-hybridized carbons (Fsp3) is 0.417. The SMILES string of the molecule is CCc1noc(CN(C)S(=O)(=O)c2cnc(Cl)c(C)c2)n1. The highest BCUT2D eigenvalue weighted by Gasteiger charge is 2.24. The van der Waals surface area contributed by atoms with Crippen molar-refractivity contribution in [3.8, 4) is 0 Å². The zero-order valence-corrected chi connectivity index (χ0v) is 13.4. The molecule has 2 aromatic rings. The van der Waals surface area contributed by atoms with Gasteiger partial charge in [-0.3, -0.25) is 0 Å². The van der Waals surface area contributed by atoms with E-state index < -0.39 is 10.0 Å². The molecule has 0 aliphatic carbocycles. The summed E-state index contributed by atoms with van der Waals surface area (Å²) in [5.41, 5.74) is 0.595. The zero-order chi connectivity index (χ0) is 15.6. The van der Waals surface area contributed by atoms with Crippen molar-refractivity contribution in [2.75, 3.05) is 7.05 Å². The molecule has 0 fully saturated rings. The highest BCUT2D eigenvalue weighted by atomic mass is 35.5. The minimum Gasteiger partial charge on any atom is -0.338 e. The number of aromatic nitrogens is 3. The maximum absolute atomic E-state index is 12.4. The number of halogens is 1. The smallest absolute Gasteiger partial charge is 0.244 e. The first-order valence-electron chi connectivity index (χ1n) is 6.24. The van der Waals surface area contributed by atoms with Crippen LogP contribution >= 0.6 is 11.6 Å². The van der Waals surface area contributed by atoms with Gasteiger partial charge in [0.15, 0.2) is 5.82 Å². The predicted octanol–water partition coefficient (Wildman–Crippen LogP) is 1.81. The van der Waals surface area contributed by atoms with Crippen molar-refractivity contribution in [2.24, 2.45) is 0 Å². The molecule has 0 unspecified atom stereocenters. The monoisotopic (exact) mass is 330 g/mol. The van der Waals surface area contributed by atoms with Crippen molar-refractivity contribution >= 4 is 21.6 Å². The normalized spacial score (nSPS) is 12.0. The van der Waals surface area contributed by atoms with Crippen molar-refractivity contribution in [1.29, 1.82) is 0 Å². The Morgan fingerprint density at radius 3 is 2.71 bits per heavy atom. The second-order valence-corrected chi connectivity index (χ2v) is 6.90. The van der Waals surface area contributed by atoms with Crippen molar-refractivity contribution in [2.45, 2.75) is 31.7 Å². The zero-order valence-electron chi connectivity index (χ0n) is 11.9. The van der Waals surface area contributed by atoms with Crippen LogP contribution in [-0.2, 0) is 23.0 Å².